The van der Waals surface area contributed by atoms with Gasteiger partial charge in [0.2, 0.25) is 0 Å². The fraction of sp³-hybridized carbons (Fsp3) is 0.667. The third-order valence-corrected chi connectivity index (χ3v) is 5.75. The second-order valence-corrected chi connectivity index (χ2v) is 7.53. The van der Waals surface area contributed by atoms with Gasteiger partial charge in [0.05, 0.1) is 23.9 Å². The molecule has 0 spiro atoms. The second kappa shape index (κ2) is 8.74. The Bertz CT molecular complexity index is 616. The molecule has 1 N–H and O–H groups in total. The summed E-state index contributed by atoms with van der Waals surface area (Å²) in [5.74, 6) is 0.561. The number of hydrogen-bond acceptors (Lipinski definition) is 5. The van der Waals surface area contributed by atoms with Crippen molar-refractivity contribution in [1.29, 1.82) is 0 Å². The van der Waals surface area contributed by atoms with Crippen LogP contribution < -0.4 is 0 Å². The van der Waals surface area contributed by atoms with Crippen molar-refractivity contribution in [2.75, 3.05) is 19.7 Å². The molecule has 1 aliphatic heterocycles. The Balaban J connectivity index is 1.50. The maximum Gasteiger partial charge on any atom is 0.0928 e. The Morgan fingerprint density at radius 2 is 2.17 bits per heavy atom. The number of aliphatic hydroxyl groups excluding tert-OH is 1. The van der Waals surface area contributed by atoms with Crippen LogP contribution in [-0.4, -0.2) is 44.5 Å². The van der Waals surface area contributed by atoms with Crippen molar-refractivity contribution >= 4 is 11.3 Å². The van der Waals surface area contributed by atoms with Crippen LogP contribution in [0.1, 0.15) is 54.9 Å². The molecule has 5 nitrogen and oxygen atoms in total. The van der Waals surface area contributed by atoms with Crippen molar-refractivity contribution in [2.24, 2.45) is 0 Å². The summed E-state index contributed by atoms with van der Waals surface area (Å²) in [4.78, 5) is 7.30. The van der Waals surface area contributed by atoms with Crippen LogP contribution >= 0.6 is 11.3 Å². The summed E-state index contributed by atoms with van der Waals surface area (Å²) >= 11 is 1.81. The number of unbranched alkanes of at least 4 members (excludes halogenated alkanes) is 1. The Kier molecular flexibility index (Phi) is 6.40. The molecule has 3 heterocycles. The normalized spacial score (nSPS) is 16.8. The zero-order valence-corrected chi connectivity index (χ0v) is 15.3. The Hall–Kier alpha value is -1.24. The molecule has 1 fully saturated rings. The summed E-state index contributed by atoms with van der Waals surface area (Å²) in [7, 11) is 0. The van der Waals surface area contributed by atoms with Crippen LogP contribution in [0.3, 0.4) is 0 Å². The first kappa shape index (κ1) is 17.6. The quantitative estimate of drug-likeness (QED) is 0.797. The number of piperidine rings is 1. The van der Waals surface area contributed by atoms with Gasteiger partial charge in [-0.3, -0.25) is 9.58 Å². The molecule has 132 valence electrons. The highest BCUT2D eigenvalue weighted by molar-refractivity contribution is 7.09. The number of aromatic nitrogens is 3. The van der Waals surface area contributed by atoms with E-state index >= 15 is 0 Å². The molecule has 0 atom stereocenters. The Morgan fingerprint density at radius 3 is 2.92 bits per heavy atom. The fourth-order valence-electron chi connectivity index (χ4n) is 3.45. The highest BCUT2D eigenvalue weighted by atomic mass is 32.1. The average Bonchev–Trinajstić information content (AvgIpc) is 3.24. The van der Waals surface area contributed by atoms with Gasteiger partial charge in [0.1, 0.15) is 0 Å². The van der Waals surface area contributed by atoms with Crippen LogP contribution in [0.15, 0.2) is 17.6 Å². The molecule has 3 rings (SSSR count). The van der Waals surface area contributed by atoms with E-state index in [1.54, 1.807) is 0 Å². The molecule has 0 unspecified atom stereocenters. The molecule has 0 amide bonds. The van der Waals surface area contributed by atoms with Crippen LogP contribution in [0, 0.1) is 0 Å². The molecule has 6 heteroatoms. The SMILES string of the molecule is CCCCc1nc(CN2CCC(c3ccnn3CCO)CC2)cs1. The number of thiazole rings is 1. The van der Waals surface area contributed by atoms with Gasteiger partial charge in [0, 0.05) is 29.7 Å². The number of hydrogen-bond donors (Lipinski definition) is 1. The van der Waals surface area contributed by atoms with Gasteiger partial charge < -0.3 is 5.11 Å². The van der Waals surface area contributed by atoms with Gasteiger partial charge in [-0.15, -0.1) is 11.3 Å². The van der Waals surface area contributed by atoms with E-state index in [1.165, 1.54) is 29.2 Å². The first-order valence-electron chi connectivity index (χ1n) is 9.08. The molecule has 2 aromatic rings. The van der Waals surface area contributed by atoms with E-state index in [1.807, 2.05) is 22.2 Å². The number of aryl methyl sites for hydroxylation is 1. The molecule has 1 saturated heterocycles. The summed E-state index contributed by atoms with van der Waals surface area (Å²) in [5, 5.41) is 17.0. The maximum absolute atomic E-state index is 9.15. The Morgan fingerprint density at radius 1 is 1.33 bits per heavy atom. The summed E-state index contributed by atoms with van der Waals surface area (Å²) in [6.45, 7) is 6.17. The first-order chi connectivity index (χ1) is 11.8. The third kappa shape index (κ3) is 4.43. The van der Waals surface area contributed by atoms with E-state index in [9.17, 15) is 0 Å². The molecule has 0 aliphatic carbocycles. The topological polar surface area (TPSA) is 54.2 Å². The third-order valence-electron chi connectivity index (χ3n) is 4.80. The zero-order valence-electron chi connectivity index (χ0n) is 14.5. The molecule has 0 aromatic carbocycles. The van der Waals surface area contributed by atoms with E-state index in [0.717, 1.165) is 38.9 Å². The second-order valence-electron chi connectivity index (χ2n) is 6.59. The summed E-state index contributed by atoms with van der Waals surface area (Å²) in [6, 6.07) is 2.11. The van der Waals surface area contributed by atoms with Crippen molar-refractivity contribution in [3.63, 3.8) is 0 Å². The summed E-state index contributed by atoms with van der Waals surface area (Å²) in [6.07, 6.45) is 7.76. The number of rotatable bonds is 8. The standard InChI is InChI=1S/C18H28N4OS/c1-2-3-4-18-20-16(14-24-18)13-21-9-6-15(7-10-21)17-5-8-19-22(17)11-12-23/h5,8,14-15,23H,2-4,6-7,9-13H2,1H3. The molecule has 2 aromatic heterocycles. The van der Waals surface area contributed by atoms with Gasteiger partial charge in [-0.05, 0) is 44.8 Å². The predicted octanol–water partition coefficient (Wildman–Crippen LogP) is 3.05. The summed E-state index contributed by atoms with van der Waals surface area (Å²) < 4.78 is 1.96. The fourth-order valence-corrected chi connectivity index (χ4v) is 4.28. The van der Waals surface area contributed by atoms with E-state index in [2.05, 4.69) is 28.4 Å². The lowest BCUT2D eigenvalue weighted by Crippen LogP contribution is -2.33. The number of aliphatic hydroxyl groups is 1. The minimum absolute atomic E-state index is 0.151. The smallest absolute Gasteiger partial charge is 0.0928 e. The van der Waals surface area contributed by atoms with E-state index in [4.69, 9.17) is 10.1 Å². The zero-order chi connectivity index (χ0) is 16.8. The van der Waals surface area contributed by atoms with Crippen LogP contribution in [-0.2, 0) is 19.5 Å². The monoisotopic (exact) mass is 348 g/mol. The summed E-state index contributed by atoms with van der Waals surface area (Å²) in [5.41, 5.74) is 2.51. The lowest BCUT2D eigenvalue weighted by molar-refractivity contribution is 0.197. The predicted molar refractivity (Wildman–Crippen MR) is 97.3 cm³/mol. The van der Waals surface area contributed by atoms with Crippen molar-refractivity contribution in [2.45, 2.75) is 58.0 Å². The number of nitrogens with zero attached hydrogens (tertiary/aromatic N) is 4. The minimum atomic E-state index is 0.151. The van der Waals surface area contributed by atoms with E-state index in [0.29, 0.717) is 12.5 Å². The average molecular weight is 349 g/mol. The van der Waals surface area contributed by atoms with Crippen molar-refractivity contribution in [1.82, 2.24) is 19.7 Å². The molecule has 0 bridgehead atoms. The van der Waals surface area contributed by atoms with Crippen molar-refractivity contribution in [3.8, 4) is 0 Å². The van der Waals surface area contributed by atoms with Crippen molar-refractivity contribution in [3.05, 3.63) is 34.0 Å². The molecule has 0 radical (unpaired) electrons. The van der Waals surface area contributed by atoms with Crippen LogP contribution in [0.25, 0.3) is 0 Å². The van der Waals surface area contributed by atoms with Gasteiger partial charge in [-0.1, -0.05) is 13.3 Å². The highest BCUT2D eigenvalue weighted by Gasteiger charge is 2.23. The lowest BCUT2D eigenvalue weighted by Gasteiger charge is -2.31. The van der Waals surface area contributed by atoms with Gasteiger partial charge in [0.15, 0.2) is 0 Å². The van der Waals surface area contributed by atoms with E-state index < -0.39 is 0 Å². The van der Waals surface area contributed by atoms with E-state index in [-0.39, 0.29) is 6.61 Å². The van der Waals surface area contributed by atoms with Crippen LogP contribution in [0.4, 0.5) is 0 Å². The number of likely N-dealkylation sites (tertiary alicyclic amines) is 1. The molecule has 0 saturated carbocycles. The van der Waals surface area contributed by atoms with Gasteiger partial charge in [-0.2, -0.15) is 5.10 Å². The molecular weight excluding hydrogens is 320 g/mol. The van der Waals surface area contributed by atoms with Crippen LogP contribution in [0.2, 0.25) is 0 Å². The highest BCUT2D eigenvalue weighted by Crippen LogP contribution is 2.28. The van der Waals surface area contributed by atoms with Gasteiger partial charge in [-0.25, -0.2) is 4.98 Å². The maximum atomic E-state index is 9.15. The van der Waals surface area contributed by atoms with Crippen LogP contribution in [0.5, 0.6) is 0 Å². The minimum Gasteiger partial charge on any atom is -0.394 e. The van der Waals surface area contributed by atoms with Gasteiger partial charge >= 0.3 is 0 Å². The molecular formula is C18H28N4OS. The molecule has 24 heavy (non-hydrogen) atoms. The van der Waals surface area contributed by atoms with Crippen molar-refractivity contribution < 1.29 is 5.11 Å². The first-order valence-corrected chi connectivity index (χ1v) is 9.96. The van der Waals surface area contributed by atoms with Gasteiger partial charge in [0.25, 0.3) is 0 Å². The largest absolute Gasteiger partial charge is 0.394 e. The molecule has 1 aliphatic rings. The Labute approximate surface area is 148 Å². The lowest BCUT2D eigenvalue weighted by atomic mass is 9.93.